The fourth-order valence-corrected chi connectivity index (χ4v) is 1.93. The van der Waals surface area contributed by atoms with Gasteiger partial charge in [0.1, 0.15) is 5.58 Å². The predicted octanol–water partition coefficient (Wildman–Crippen LogP) is 3.27. The normalized spacial score (nSPS) is 10.9. The van der Waals surface area contributed by atoms with Gasteiger partial charge in [0.05, 0.1) is 11.2 Å². The standard InChI is InChI=1S/C11H11NO3/c1-6-7(2)11-9(4-5-15-11)8(3)10(6)12(13)14/h4-5H,1-3H3. The summed E-state index contributed by atoms with van der Waals surface area (Å²) in [5.41, 5.74) is 3.14. The Morgan fingerprint density at radius 1 is 1.20 bits per heavy atom. The Morgan fingerprint density at radius 2 is 1.87 bits per heavy atom. The van der Waals surface area contributed by atoms with Crippen molar-refractivity contribution in [3.63, 3.8) is 0 Å². The van der Waals surface area contributed by atoms with Crippen molar-refractivity contribution >= 4 is 16.7 Å². The molecule has 0 fully saturated rings. The molecule has 78 valence electrons. The molecule has 0 saturated carbocycles. The van der Waals surface area contributed by atoms with Crippen molar-refractivity contribution in [1.82, 2.24) is 0 Å². The van der Waals surface area contributed by atoms with E-state index in [2.05, 4.69) is 0 Å². The molecule has 0 unspecified atom stereocenters. The second kappa shape index (κ2) is 3.08. The first-order chi connectivity index (χ1) is 7.04. The van der Waals surface area contributed by atoms with Crippen molar-refractivity contribution < 1.29 is 9.34 Å². The number of rotatable bonds is 1. The van der Waals surface area contributed by atoms with Crippen molar-refractivity contribution in [3.8, 4) is 0 Å². The molecule has 4 nitrogen and oxygen atoms in total. The van der Waals surface area contributed by atoms with Crippen LogP contribution in [0, 0.1) is 30.9 Å². The van der Waals surface area contributed by atoms with Gasteiger partial charge in [-0.1, -0.05) is 0 Å². The summed E-state index contributed by atoms with van der Waals surface area (Å²) in [5.74, 6) is 0. The van der Waals surface area contributed by atoms with E-state index in [0.29, 0.717) is 11.1 Å². The zero-order chi connectivity index (χ0) is 11.2. The third-order valence-electron chi connectivity index (χ3n) is 2.87. The van der Waals surface area contributed by atoms with Gasteiger partial charge in [0.15, 0.2) is 0 Å². The molecule has 0 aliphatic heterocycles. The SMILES string of the molecule is Cc1c([N+](=O)[O-])c(C)c2ccoc2c1C. The maximum absolute atomic E-state index is 10.9. The molecule has 0 spiro atoms. The number of hydrogen-bond donors (Lipinski definition) is 0. The van der Waals surface area contributed by atoms with Crippen LogP contribution in [0.2, 0.25) is 0 Å². The zero-order valence-corrected chi connectivity index (χ0v) is 8.83. The summed E-state index contributed by atoms with van der Waals surface area (Å²) in [6, 6.07) is 1.77. The number of benzene rings is 1. The van der Waals surface area contributed by atoms with Gasteiger partial charge < -0.3 is 4.42 Å². The van der Waals surface area contributed by atoms with Crippen molar-refractivity contribution in [3.05, 3.63) is 39.1 Å². The minimum atomic E-state index is -0.329. The summed E-state index contributed by atoms with van der Waals surface area (Å²) in [4.78, 5) is 10.6. The molecule has 0 aliphatic carbocycles. The zero-order valence-electron chi connectivity index (χ0n) is 8.83. The summed E-state index contributed by atoms with van der Waals surface area (Å²) in [5, 5.41) is 11.8. The molecule has 1 heterocycles. The lowest BCUT2D eigenvalue weighted by atomic mass is 10.00. The number of nitrogens with zero attached hydrogens (tertiary/aromatic N) is 1. The molecule has 15 heavy (non-hydrogen) atoms. The summed E-state index contributed by atoms with van der Waals surface area (Å²) in [6.07, 6.45) is 1.56. The third-order valence-corrected chi connectivity index (χ3v) is 2.87. The number of aryl methyl sites for hydroxylation is 2. The van der Waals surface area contributed by atoms with Crippen molar-refractivity contribution in [2.24, 2.45) is 0 Å². The molecule has 1 aromatic carbocycles. The van der Waals surface area contributed by atoms with E-state index in [1.54, 1.807) is 26.2 Å². The fraction of sp³-hybridized carbons (Fsp3) is 0.273. The molecule has 0 radical (unpaired) electrons. The van der Waals surface area contributed by atoms with Crippen LogP contribution in [-0.2, 0) is 0 Å². The van der Waals surface area contributed by atoms with Crippen molar-refractivity contribution in [2.75, 3.05) is 0 Å². The van der Waals surface area contributed by atoms with Crippen LogP contribution in [0.4, 0.5) is 5.69 Å². The molecular weight excluding hydrogens is 194 g/mol. The van der Waals surface area contributed by atoms with Crippen LogP contribution in [0.5, 0.6) is 0 Å². The van der Waals surface area contributed by atoms with Crippen LogP contribution < -0.4 is 0 Å². The molecule has 0 atom stereocenters. The molecule has 0 amide bonds. The maximum atomic E-state index is 10.9. The molecule has 0 bridgehead atoms. The number of nitro benzene ring substituents is 1. The van der Waals surface area contributed by atoms with Crippen LogP contribution >= 0.6 is 0 Å². The first-order valence-electron chi connectivity index (χ1n) is 4.65. The summed E-state index contributed by atoms with van der Waals surface area (Å²) in [6.45, 7) is 5.35. The number of hydrogen-bond acceptors (Lipinski definition) is 3. The lowest BCUT2D eigenvalue weighted by Gasteiger charge is -2.06. The Bertz CT molecular complexity index is 554. The first-order valence-corrected chi connectivity index (χ1v) is 4.65. The number of nitro groups is 1. The van der Waals surface area contributed by atoms with Gasteiger partial charge in [0.2, 0.25) is 0 Å². The fourth-order valence-electron chi connectivity index (χ4n) is 1.93. The van der Waals surface area contributed by atoms with E-state index in [1.807, 2.05) is 6.92 Å². The van der Waals surface area contributed by atoms with Crippen molar-refractivity contribution in [2.45, 2.75) is 20.8 Å². The van der Waals surface area contributed by atoms with Crippen LogP contribution in [0.3, 0.4) is 0 Å². The maximum Gasteiger partial charge on any atom is 0.276 e. The van der Waals surface area contributed by atoms with E-state index in [0.717, 1.165) is 16.5 Å². The highest BCUT2D eigenvalue weighted by molar-refractivity contribution is 5.88. The summed E-state index contributed by atoms with van der Waals surface area (Å²) < 4.78 is 5.32. The van der Waals surface area contributed by atoms with Crippen LogP contribution in [0.1, 0.15) is 16.7 Å². The molecule has 2 rings (SSSR count). The van der Waals surface area contributed by atoms with Gasteiger partial charge in [-0.2, -0.15) is 0 Å². The lowest BCUT2D eigenvalue weighted by Crippen LogP contribution is -1.97. The van der Waals surface area contributed by atoms with Gasteiger partial charge >= 0.3 is 0 Å². The summed E-state index contributed by atoms with van der Waals surface area (Å²) >= 11 is 0. The molecule has 4 heteroatoms. The summed E-state index contributed by atoms with van der Waals surface area (Å²) in [7, 11) is 0. The minimum Gasteiger partial charge on any atom is -0.464 e. The highest BCUT2D eigenvalue weighted by atomic mass is 16.6. The molecule has 0 aliphatic rings. The Morgan fingerprint density at radius 3 is 2.47 bits per heavy atom. The topological polar surface area (TPSA) is 56.3 Å². The highest BCUT2D eigenvalue weighted by Gasteiger charge is 2.21. The molecular formula is C11H11NO3. The van der Waals surface area contributed by atoms with E-state index >= 15 is 0 Å². The number of furan rings is 1. The third kappa shape index (κ3) is 1.21. The van der Waals surface area contributed by atoms with Crippen molar-refractivity contribution in [1.29, 1.82) is 0 Å². The molecule has 0 saturated heterocycles. The second-order valence-electron chi connectivity index (χ2n) is 3.64. The van der Waals surface area contributed by atoms with Crippen LogP contribution in [0.15, 0.2) is 16.7 Å². The van der Waals surface area contributed by atoms with Crippen LogP contribution in [0.25, 0.3) is 11.0 Å². The van der Waals surface area contributed by atoms with E-state index in [4.69, 9.17) is 4.42 Å². The van der Waals surface area contributed by atoms with Gasteiger partial charge in [0, 0.05) is 22.1 Å². The average molecular weight is 205 g/mol. The first kappa shape index (κ1) is 9.71. The lowest BCUT2D eigenvalue weighted by molar-refractivity contribution is -0.385. The Kier molecular flexibility index (Phi) is 2.00. The monoisotopic (exact) mass is 205 g/mol. The molecule has 0 N–H and O–H groups in total. The van der Waals surface area contributed by atoms with E-state index < -0.39 is 0 Å². The minimum absolute atomic E-state index is 0.196. The largest absolute Gasteiger partial charge is 0.464 e. The van der Waals surface area contributed by atoms with Crippen LogP contribution in [-0.4, -0.2) is 4.92 Å². The Labute approximate surface area is 86.7 Å². The Hall–Kier alpha value is -1.84. The molecule has 1 aromatic heterocycles. The molecule has 2 aromatic rings. The number of fused-ring (bicyclic) bond motifs is 1. The predicted molar refractivity (Wildman–Crippen MR) is 57.1 cm³/mol. The van der Waals surface area contributed by atoms with Gasteiger partial charge in [0.25, 0.3) is 5.69 Å². The quantitative estimate of drug-likeness (QED) is 0.530. The second-order valence-corrected chi connectivity index (χ2v) is 3.64. The Balaban J connectivity index is 2.98. The van der Waals surface area contributed by atoms with Gasteiger partial charge in [-0.3, -0.25) is 10.1 Å². The van der Waals surface area contributed by atoms with Gasteiger partial charge in [-0.05, 0) is 26.8 Å². The van der Waals surface area contributed by atoms with E-state index in [1.165, 1.54) is 0 Å². The smallest absolute Gasteiger partial charge is 0.276 e. The van der Waals surface area contributed by atoms with Gasteiger partial charge in [-0.25, -0.2) is 0 Å². The van der Waals surface area contributed by atoms with E-state index in [-0.39, 0.29) is 10.6 Å². The van der Waals surface area contributed by atoms with E-state index in [9.17, 15) is 10.1 Å². The highest BCUT2D eigenvalue weighted by Crippen LogP contribution is 2.34. The van der Waals surface area contributed by atoms with Gasteiger partial charge in [-0.15, -0.1) is 0 Å². The average Bonchev–Trinajstić information content (AvgIpc) is 2.62.